The van der Waals surface area contributed by atoms with Gasteiger partial charge < -0.3 is 30.3 Å². The third kappa shape index (κ3) is 6.94. The Bertz CT molecular complexity index is 1630. The fraction of sp³-hybridized carbons (Fsp3) is 0.212. The molecule has 0 fully saturated rings. The lowest BCUT2D eigenvalue weighted by Crippen LogP contribution is -2.27. The Morgan fingerprint density at radius 2 is 1.43 bits per heavy atom. The summed E-state index contributed by atoms with van der Waals surface area (Å²) in [6, 6.07) is 29.4. The molecular weight excluding hydrogens is 548 g/mol. The van der Waals surface area contributed by atoms with Crippen molar-refractivity contribution in [3.8, 4) is 11.5 Å². The van der Waals surface area contributed by atoms with Gasteiger partial charge in [-0.2, -0.15) is 4.98 Å². The molecule has 0 radical (unpaired) electrons. The molecule has 5 rings (SSSR count). The number of rotatable bonds is 13. The summed E-state index contributed by atoms with van der Waals surface area (Å²) in [5, 5.41) is 27.6. The molecule has 0 spiro atoms. The fourth-order valence-electron chi connectivity index (χ4n) is 4.67. The van der Waals surface area contributed by atoms with Crippen molar-refractivity contribution in [1.29, 1.82) is 0 Å². The number of nitrogens with zero attached hydrogens (tertiary/aromatic N) is 2. The lowest BCUT2D eigenvalue weighted by atomic mass is 10.1. The summed E-state index contributed by atoms with van der Waals surface area (Å²) < 4.78 is 11.1. The fourth-order valence-corrected chi connectivity index (χ4v) is 5.74. The maximum Gasteiger partial charge on any atom is 0.225 e. The van der Waals surface area contributed by atoms with E-state index >= 15 is 0 Å². The number of aliphatic hydroxyl groups is 2. The van der Waals surface area contributed by atoms with Crippen molar-refractivity contribution in [2.24, 2.45) is 0 Å². The number of nitrogens with one attached hydrogen (secondary N) is 2. The van der Waals surface area contributed by atoms with Crippen LogP contribution in [-0.2, 0) is 19.6 Å². The Morgan fingerprint density at radius 1 is 0.786 bits per heavy atom. The van der Waals surface area contributed by atoms with E-state index in [1.165, 1.54) is 0 Å². The molecule has 0 bridgehead atoms. The highest BCUT2D eigenvalue weighted by atomic mass is 32.2. The molecule has 0 aliphatic carbocycles. The van der Waals surface area contributed by atoms with Crippen molar-refractivity contribution in [3.63, 3.8) is 0 Å². The topological polar surface area (TPSA) is 109 Å². The number of anilines is 2. The van der Waals surface area contributed by atoms with Gasteiger partial charge in [0.25, 0.3) is 0 Å². The molecule has 5 aromatic rings. The average molecular weight is 583 g/mol. The highest BCUT2D eigenvalue weighted by molar-refractivity contribution is 7.99. The van der Waals surface area contributed by atoms with E-state index in [1.807, 2.05) is 78.9 Å². The van der Waals surface area contributed by atoms with Gasteiger partial charge >= 0.3 is 0 Å². The molecular formula is C33H34N4O4S. The second kappa shape index (κ2) is 14.0. The number of hydrogen-bond acceptors (Lipinski definition) is 9. The first-order chi connectivity index (χ1) is 20.6. The third-order valence-electron chi connectivity index (χ3n) is 6.86. The summed E-state index contributed by atoms with van der Waals surface area (Å²) in [6.07, 6.45) is 0.624. The van der Waals surface area contributed by atoms with Crippen molar-refractivity contribution in [3.05, 3.63) is 108 Å². The molecule has 0 aliphatic heterocycles. The summed E-state index contributed by atoms with van der Waals surface area (Å²) in [4.78, 5) is 11.7. The van der Waals surface area contributed by atoms with Crippen molar-refractivity contribution in [1.82, 2.24) is 9.97 Å². The summed E-state index contributed by atoms with van der Waals surface area (Å²) in [7, 11) is 3.18. The minimum atomic E-state index is -0.268. The van der Waals surface area contributed by atoms with Gasteiger partial charge in [0.2, 0.25) is 5.95 Å². The molecule has 0 amide bonds. The number of fused-ring (bicyclic) bond motifs is 1. The normalized spacial score (nSPS) is 11.7. The monoisotopic (exact) mass is 582 g/mol. The molecule has 0 saturated heterocycles. The van der Waals surface area contributed by atoms with Crippen LogP contribution in [0.2, 0.25) is 0 Å². The molecule has 4 N–H and O–H groups in total. The Hall–Kier alpha value is -4.31. The molecule has 4 aromatic carbocycles. The standard InChI is InChI=1S/C33H34N4O4S/c1-40-28-17-26-27(18-29(28)41-2)36-33(37-32(26)35-25(21-39)16-22-10-4-3-5-11-22)34-19-23-12-6-8-14-30(23)42-31-15-9-7-13-24(31)20-38/h3-15,17-18,25,38-39H,16,19-21H2,1-2H3,(H2,34,35,36,37)/t25-/m1/s1. The molecule has 0 saturated carbocycles. The summed E-state index contributed by atoms with van der Waals surface area (Å²) in [6.45, 7) is 0.393. The lowest BCUT2D eigenvalue weighted by Gasteiger charge is -2.20. The SMILES string of the molecule is COc1cc2nc(NCc3ccccc3Sc3ccccc3CO)nc(N[C@@H](CO)Cc3ccccc3)c2cc1OC. The van der Waals surface area contributed by atoms with Crippen LogP contribution in [0.4, 0.5) is 11.8 Å². The van der Waals surface area contributed by atoms with Crippen molar-refractivity contribution in [2.45, 2.75) is 35.4 Å². The molecule has 1 heterocycles. The summed E-state index contributed by atoms with van der Waals surface area (Å²) in [5.41, 5.74) is 3.73. The molecule has 1 atom stereocenters. The van der Waals surface area contributed by atoms with Crippen LogP contribution < -0.4 is 20.1 Å². The quantitative estimate of drug-likeness (QED) is 0.135. The molecule has 0 aliphatic rings. The number of aromatic nitrogens is 2. The number of methoxy groups -OCH3 is 2. The zero-order valence-electron chi connectivity index (χ0n) is 23.6. The van der Waals surface area contributed by atoms with Gasteiger partial charge in [-0.15, -0.1) is 0 Å². The molecule has 8 nitrogen and oxygen atoms in total. The minimum Gasteiger partial charge on any atom is -0.493 e. The van der Waals surface area contributed by atoms with Crippen LogP contribution in [0, 0.1) is 0 Å². The molecule has 9 heteroatoms. The van der Waals surface area contributed by atoms with Gasteiger partial charge in [0.15, 0.2) is 11.5 Å². The maximum atomic E-state index is 10.2. The van der Waals surface area contributed by atoms with Gasteiger partial charge in [-0.1, -0.05) is 78.5 Å². The summed E-state index contributed by atoms with van der Waals surface area (Å²) in [5.74, 6) is 2.14. The number of aliphatic hydroxyl groups excluding tert-OH is 2. The van der Waals surface area contributed by atoms with Crippen LogP contribution in [0.3, 0.4) is 0 Å². The Morgan fingerprint density at radius 3 is 2.12 bits per heavy atom. The van der Waals surface area contributed by atoms with E-state index in [0.717, 1.165) is 31.9 Å². The Balaban J connectivity index is 1.45. The Labute approximate surface area is 249 Å². The van der Waals surface area contributed by atoms with Gasteiger partial charge in [0, 0.05) is 27.8 Å². The van der Waals surface area contributed by atoms with E-state index in [9.17, 15) is 10.2 Å². The average Bonchev–Trinajstić information content (AvgIpc) is 3.04. The van der Waals surface area contributed by atoms with Gasteiger partial charge in [-0.3, -0.25) is 0 Å². The molecule has 216 valence electrons. The van der Waals surface area contributed by atoms with Crippen LogP contribution in [0.1, 0.15) is 16.7 Å². The van der Waals surface area contributed by atoms with Crippen LogP contribution >= 0.6 is 11.8 Å². The van der Waals surface area contributed by atoms with E-state index in [0.29, 0.717) is 41.7 Å². The first kappa shape index (κ1) is 29.2. The lowest BCUT2D eigenvalue weighted by molar-refractivity contribution is 0.273. The van der Waals surface area contributed by atoms with E-state index in [-0.39, 0.29) is 19.3 Å². The second-order valence-electron chi connectivity index (χ2n) is 9.66. The van der Waals surface area contributed by atoms with Crippen LogP contribution in [0.25, 0.3) is 10.9 Å². The molecule has 42 heavy (non-hydrogen) atoms. The predicted octanol–water partition coefficient (Wildman–Crippen LogP) is 5.92. The molecule has 1 aromatic heterocycles. The van der Waals surface area contributed by atoms with Crippen molar-refractivity contribution >= 4 is 34.4 Å². The molecule has 0 unspecified atom stereocenters. The number of benzene rings is 4. The van der Waals surface area contributed by atoms with Crippen LogP contribution in [0.15, 0.2) is 101 Å². The van der Waals surface area contributed by atoms with Gasteiger partial charge in [0.05, 0.1) is 39.0 Å². The van der Waals surface area contributed by atoms with Crippen LogP contribution in [0.5, 0.6) is 11.5 Å². The van der Waals surface area contributed by atoms with E-state index in [4.69, 9.17) is 19.4 Å². The number of hydrogen-bond donors (Lipinski definition) is 4. The van der Waals surface area contributed by atoms with Crippen molar-refractivity contribution in [2.75, 3.05) is 31.5 Å². The maximum absolute atomic E-state index is 10.2. The Kier molecular flexibility index (Phi) is 9.76. The summed E-state index contributed by atoms with van der Waals surface area (Å²) >= 11 is 1.62. The van der Waals surface area contributed by atoms with E-state index < -0.39 is 0 Å². The third-order valence-corrected chi connectivity index (χ3v) is 8.10. The first-order valence-corrected chi connectivity index (χ1v) is 14.5. The highest BCUT2D eigenvalue weighted by Gasteiger charge is 2.17. The van der Waals surface area contributed by atoms with Gasteiger partial charge in [0.1, 0.15) is 5.82 Å². The predicted molar refractivity (Wildman–Crippen MR) is 168 cm³/mol. The minimum absolute atomic E-state index is 0.0162. The van der Waals surface area contributed by atoms with E-state index in [1.54, 1.807) is 26.0 Å². The second-order valence-corrected chi connectivity index (χ2v) is 10.7. The first-order valence-electron chi connectivity index (χ1n) is 13.6. The van der Waals surface area contributed by atoms with Crippen LogP contribution in [-0.4, -0.2) is 47.0 Å². The van der Waals surface area contributed by atoms with Gasteiger partial charge in [-0.25, -0.2) is 4.98 Å². The zero-order chi connectivity index (χ0) is 29.3. The van der Waals surface area contributed by atoms with Crippen molar-refractivity contribution < 1.29 is 19.7 Å². The van der Waals surface area contributed by atoms with E-state index in [2.05, 4.69) is 22.8 Å². The smallest absolute Gasteiger partial charge is 0.225 e. The largest absolute Gasteiger partial charge is 0.493 e. The highest BCUT2D eigenvalue weighted by Crippen LogP contribution is 2.36. The van der Waals surface area contributed by atoms with Gasteiger partial charge in [-0.05, 0) is 41.3 Å². The number of ether oxygens (including phenoxy) is 2. The zero-order valence-corrected chi connectivity index (χ0v) is 24.4.